The fourth-order valence-corrected chi connectivity index (χ4v) is 2.73. The summed E-state index contributed by atoms with van der Waals surface area (Å²) in [5, 5.41) is 20.5. The average Bonchev–Trinajstić information content (AvgIpc) is 2.74. The number of carboxylic acid groups (broad SMARTS) is 1. The van der Waals surface area contributed by atoms with Crippen molar-refractivity contribution < 1.29 is 14.8 Å². The molecule has 1 aromatic carbocycles. The number of nitro groups is 1. The van der Waals surface area contributed by atoms with Crippen molar-refractivity contribution in [1.82, 2.24) is 0 Å². The first-order valence-corrected chi connectivity index (χ1v) is 6.68. The Kier molecular flexibility index (Phi) is 4.06. The molecule has 0 saturated carbocycles. The van der Waals surface area contributed by atoms with Crippen LogP contribution in [-0.4, -0.2) is 29.1 Å². The van der Waals surface area contributed by atoms with Crippen LogP contribution in [0.2, 0.25) is 10.0 Å². The molecule has 0 unspecified atom stereocenters. The van der Waals surface area contributed by atoms with Crippen LogP contribution in [0.1, 0.15) is 6.92 Å². The quantitative estimate of drug-likeness (QED) is 0.684. The predicted octanol–water partition coefficient (Wildman–Crippen LogP) is 3.06. The smallest absolute Gasteiger partial charge is 0.308 e. The third-order valence-electron chi connectivity index (χ3n) is 3.48. The minimum Gasteiger partial charge on any atom is -0.481 e. The van der Waals surface area contributed by atoms with Gasteiger partial charge < -0.3 is 10.0 Å². The highest BCUT2D eigenvalue weighted by Gasteiger charge is 2.37. The van der Waals surface area contributed by atoms with Crippen LogP contribution in [0.5, 0.6) is 0 Å². The lowest BCUT2D eigenvalue weighted by Crippen LogP contribution is -2.23. The van der Waals surface area contributed by atoms with Gasteiger partial charge in [-0.05, 0) is 12.0 Å². The van der Waals surface area contributed by atoms with Crippen LogP contribution < -0.4 is 4.90 Å². The molecule has 2 rings (SSSR count). The number of aliphatic carboxylic acids is 1. The van der Waals surface area contributed by atoms with E-state index < -0.39 is 16.8 Å². The van der Waals surface area contributed by atoms with E-state index in [1.807, 2.05) is 6.92 Å². The number of nitrogens with zero attached hydrogens (tertiary/aromatic N) is 2. The zero-order valence-corrected chi connectivity index (χ0v) is 12.1. The zero-order valence-electron chi connectivity index (χ0n) is 10.5. The summed E-state index contributed by atoms with van der Waals surface area (Å²) in [4.78, 5) is 23.3. The summed E-state index contributed by atoms with van der Waals surface area (Å²) in [6, 6.07) is 2.61. The largest absolute Gasteiger partial charge is 0.481 e. The van der Waals surface area contributed by atoms with Crippen molar-refractivity contribution in [2.45, 2.75) is 6.92 Å². The van der Waals surface area contributed by atoms with Crippen LogP contribution in [0.15, 0.2) is 12.1 Å². The number of halogens is 2. The molecule has 0 aromatic heterocycles. The molecule has 20 heavy (non-hydrogen) atoms. The number of benzene rings is 1. The number of rotatable bonds is 3. The molecule has 0 bridgehead atoms. The Morgan fingerprint density at radius 3 is 2.50 bits per heavy atom. The summed E-state index contributed by atoms with van der Waals surface area (Å²) >= 11 is 11.7. The van der Waals surface area contributed by atoms with Gasteiger partial charge in [-0.3, -0.25) is 14.9 Å². The van der Waals surface area contributed by atoms with Crippen molar-refractivity contribution >= 4 is 40.5 Å². The van der Waals surface area contributed by atoms with Crippen molar-refractivity contribution in [3.05, 3.63) is 32.3 Å². The van der Waals surface area contributed by atoms with Crippen LogP contribution in [0, 0.1) is 22.0 Å². The Labute approximate surface area is 125 Å². The minimum absolute atomic E-state index is 0.0958. The lowest BCUT2D eigenvalue weighted by molar-refractivity contribution is -0.384. The number of anilines is 1. The molecule has 1 saturated heterocycles. The first-order valence-electron chi connectivity index (χ1n) is 5.92. The molecule has 2 atom stereocenters. The number of nitro benzene ring substituents is 1. The Balaban J connectivity index is 2.41. The van der Waals surface area contributed by atoms with E-state index in [1.54, 1.807) is 4.90 Å². The maximum atomic E-state index is 11.1. The van der Waals surface area contributed by atoms with Gasteiger partial charge in [0.1, 0.15) is 5.69 Å². The molecule has 1 aliphatic rings. The molecule has 1 heterocycles. The van der Waals surface area contributed by atoms with Gasteiger partial charge in [-0.2, -0.15) is 0 Å². The molecule has 0 radical (unpaired) electrons. The van der Waals surface area contributed by atoms with E-state index in [2.05, 4.69) is 0 Å². The summed E-state index contributed by atoms with van der Waals surface area (Å²) in [5.74, 6) is -1.55. The first-order chi connectivity index (χ1) is 9.31. The Morgan fingerprint density at radius 2 is 2.00 bits per heavy atom. The molecule has 1 aromatic rings. The molecule has 1 N–H and O–H groups in total. The highest BCUT2D eigenvalue weighted by Crippen LogP contribution is 2.39. The summed E-state index contributed by atoms with van der Waals surface area (Å²) in [7, 11) is 0. The highest BCUT2D eigenvalue weighted by molar-refractivity contribution is 6.42. The zero-order chi connectivity index (χ0) is 15.0. The van der Waals surface area contributed by atoms with Crippen molar-refractivity contribution in [2.24, 2.45) is 11.8 Å². The van der Waals surface area contributed by atoms with E-state index in [-0.39, 0.29) is 28.2 Å². The van der Waals surface area contributed by atoms with E-state index in [0.29, 0.717) is 12.2 Å². The molecule has 6 nitrogen and oxygen atoms in total. The Hall–Kier alpha value is -1.53. The van der Waals surface area contributed by atoms with E-state index >= 15 is 0 Å². The molecular weight excluding hydrogens is 307 g/mol. The second-order valence-electron chi connectivity index (χ2n) is 4.84. The standard InChI is InChI=1S/C12H12Cl2N2O4/c1-6-4-15(5-7(6)12(17)18)10-2-8(13)9(14)3-11(10)16(19)20/h2-3,6-7H,4-5H2,1H3,(H,17,18)/t6-,7-/m1/s1. The second kappa shape index (κ2) is 5.46. The molecule has 1 aliphatic heterocycles. The van der Waals surface area contributed by atoms with E-state index in [9.17, 15) is 14.9 Å². The van der Waals surface area contributed by atoms with Crippen LogP contribution in [0.4, 0.5) is 11.4 Å². The maximum absolute atomic E-state index is 11.1. The van der Waals surface area contributed by atoms with Gasteiger partial charge >= 0.3 is 5.97 Å². The summed E-state index contributed by atoms with van der Waals surface area (Å²) in [5.41, 5.74) is 0.137. The van der Waals surface area contributed by atoms with Gasteiger partial charge in [-0.15, -0.1) is 0 Å². The number of carboxylic acids is 1. The second-order valence-corrected chi connectivity index (χ2v) is 5.65. The fourth-order valence-electron chi connectivity index (χ4n) is 2.41. The van der Waals surface area contributed by atoms with Gasteiger partial charge in [-0.1, -0.05) is 30.1 Å². The number of hydrogen-bond acceptors (Lipinski definition) is 4. The van der Waals surface area contributed by atoms with E-state index in [4.69, 9.17) is 28.3 Å². The van der Waals surface area contributed by atoms with Crippen molar-refractivity contribution in [1.29, 1.82) is 0 Å². The first kappa shape index (κ1) is 14.9. The molecular formula is C12H12Cl2N2O4. The molecule has 0 spiro atoms. The molecule has 0 aliphatic carbocycles. The molecule has 0 amide bonds. The molecule has 8 heteroatoms. The van der Waals surface area contributed by atoms with Crippen molar-refractivity contribution in [2.75, 3.05) is 18.0 Å². The number of hydrogen-bond donors (Lipinski definition) is 1. The van der Waals surface area contributed by atoms with Gasteiger partial charge in [0.25, 0.3) is 5.69 Å². The predicted molar refractivity (Wildman–Crippen MR) is 75.6 cm³/mol. The van der Waals surface area contributed by atoms with Crippen LogP contribution >= 0.6 is 23.2 Å². The van der Waals surface area contributed by atoms with Gasteiger partial charge in [-0.25, -0.2) is 0 Å². The van der Waals surface area contributed by atoms with Gasteiger partial charge in [0, 0.05) is 19.2 Å². The van der Waals surface area contributed by atoms with Gasteiger partial charge in [0.05, 0.1) is 20.9 Å². The summed E-state index contributed by atoms with van der Waals surface area (Å²) in [6.07, 6.45) is 0. The van der Waals surface area contributed by atoms with Crippen molar-refractivity contribution in [3.8, 4) is 0 Å². The minimum atomic E-state index is -0.900. The van der Waals surface area contributed by atoms with Crippen LogP contribution in [-0.2, 0) is 4.79 Å². The third kappa shape index (κ3) is 2.66. The van der Waals surface area contributed by atoms with Crippen LogP contribution in [0.25, 0.3) is 0 Å². The maximum Gasteiger partial charge on any atom is 0.308 e. The molecule has 1 fully saturated rings. The summed E-state index contributed by atoms with van der Waals surface area (Å²) < 4.78 is 0. The Bertz CT molecular complexity index is 579. The topological polar surface area (TPSA) is 83.7 Å². The SMILES string of the molecule is C[C@@H]1CN(c2cc(Cl)c(Cl)cc2[N+](=O)[O-])C[C@H]1C(=O)O. The fraction of sp³-hybridized carbons (Fsp3) is 0.417. The Morgan fingerprint density at radius 1 is 1.40 bits per heavy atom. The lowest BCUT2D eigenvalue weighted by atomic mass is 9.99. The number of carbonyl (C=O) groups is 1. The van der Waals surface area contributed by atoms with E-state index in [1.165, 1.54) is 12.1 Å². The van der Waals surface area contributed by atoms with Crippen molar-refractivity contribution in [3.63, 3.8) is 0 Å². The van der Waals surface area contributed by atoms with E-state index in [0.717, 1.165) is 0 Å². The molecule has 108 valence electrons. The van der Waals surface area contributed by atoms with Gasteiger partial charge in [0.2, 0.25) is 0 Å². The third-order valence-corrected chi connectivity index (χ3v) is 4.21. The summed E-state index contributed by atoms with van der Waals surface area (Å²) in [6.45, 7) is 2.45. The van der Waals surface area contributed by atoms with Crippen LogP contribution in [0.3, 0.4) is 0 Å². The average molecular weight is 319 g/mol. The highest BCUT2D eigenvalue weighted by atomic mass is 35.5. The van der Waals surface area contributed by atoms with Gasteiger partial charge in [0.15, 0.2) is 0 Å². The lowest BCUT2D eigenvalue weighted by Gasteiger charge is -2.18. The monoisotopic (exact) mass is 318 g/mol. The normalized spacial score (nSPS) is 22.1.